The minimum atomic E-state index is -3.40. The summed E-state index contributed by atoms with van der Waals surface area (Å²) in [7, 11) is -0.259. The summed E-state index contributed by atoms with van der Waals surface area (Å²) in [6.45, 7) is 0. The Labute approximate surface area is 120 Å². The summed E-state index contributed by atoms with van der Waals surface area (Å²) in [6, 6.07) is 7.12. The lowest BCUT2D eigenvalue weighted by Gasteiger charge is -2.31. The second-order valence-electron chi connectivity index (χ2n) is 5.04. The Hall–Kier alpha value is -1.11. The molecule has 0 radical (unpaired) electrons. The average Bonchev–Trinajstić information content (AvgIpc) is 2.48. The largest absolute Gasteiger partial charge is 0.380 e. The van der Waals surface area contributed by atoms with Crippen molar-refractivity contribution in [3.63, 3.8) is 0 Å². The Balaban J connectivity index is 2.15. The van der Waals surface area contributed by atoms with Gasteiger partial charge in [0.05, 0.1) is 17.0 Å². The molecule has 1 aromatic rings. The highest BCUT2D eigenvalue weighted by molar-refractivity contribution is 7.89. The second-order valence-corrected chi connectivity index (χ2v) is 6.93. The molecule has 1 aromatic carbocycles. The molecule has 0 heterocycles. The van der Waals surface area contributed by atoms with Gasteiger partial charge < -0.3 is 10.1 Å². The van der Waals surface area contributed by atoms with E-state index >= 15 is 0 Å². The number of ether oxygens (including phenoxy) is 1. The van der Waals surface area contributed by atoms with E-state index in [4.69, 9.17) is 4.74 Å². The van der Waals surface area contributed by atoms with Gasteiger partial charge in [0, 0.05) is 12.8 Å². The minimum absolute atomic E-state index is 0.188. The third kappa shape index (κ3) is 3.50. The molecule has 2 atom stereocenters. The lowest BCUT2D eigenvalue weighted by molar-refractivity contribution is 0.0606. The first-order valence-electron chi connectivity index (χ1n) is 6.90. The molecule has 1 saturated carbocycles. The van der Waals surface area contributed by atoms with E-state index in [-0.39, 0.29) is 17.0 Å². The molecule has 112 valence electrons. The summed E-state index contributed by atoms with van der Waals surface area (Å²) in [5, 5.41) is 3.40. The number of benzene rings is 1. The van der Waals surface area contributed by atoms with E-state index in [1.54, 1.807) is 25.3 Å². The van der Waals surface area contributed by atoms with Crippen molar-refractivity contribution in [1.29, 1.82) is 0 Å². The standard InChI is InChI=1S/C14H22N2O3S/c1-15-20(17,18)12-7-5-6-11(10-12)16-13-8-3-4-9-14(13)19-2/h5-7,10,13-16H,3-4,8-9H2,1-2H3. The van der Waals surface area contributed by atoms with Crippen LogP contribution in [0.2, 0.25) is 0 Å². The first kappa shape index (κ1) is 15.3. The molecule has 2 rings (SSSR count). The normalized spacial score (nSPS) is 23.5. The summed E-state index contributed by atoms with van der Waals surface area (Å²) >= 11 is 0. The Morgan fingerprint density at radius 2 is 2.00 bits per heavy atom. The van der Waals surface area contributed by atoms with Gasteiger partial charge in [0.1, 0.15) is 0 Å². The van der Waals surface area contributed by atoms with Crippen LogP contribution in [0.5, 0.6) is 0 Å². The fraction of sp³-hybridized carbons (Fsp3) is 0.571. The Kier molecular flexibility index (Phi) is 5.01. The molecule has 5 nitrogen and oxygen atoms in total. The van der Waals surface area contributed by atoms with Gasteiger partial charge in [-0.3, -0.25) is 0 Å². The van der Waals surface area contributed by atoms with E-state index in [1.807, 2.05) is 6.07 Å². The van der Waals surface area contributed by atoms with Gasteiger partial charge in [-0.2, -0.15) is 0 Å². The number of rotatable bonds is 5. The van der Waals surface area contributed by atoms with Crippen molar-refractivity contribution in [3.8, 4) is 0 Å². The molecule has 1 fully saturated rings. The first-order chi connectivity index (χ1) is 9.56. The zero-order valence-corrected chi connectivity index (χ0v) is 12.7. The zero-order valence-electron chi connectivity index (χ0n) is 11.9. The van der Waals surface area contributed by atoms with Crippen LogP contribution in [0, 0.1) is 0 Å². The summed E-state index contributed by atoms with van der Waals surface area (Å²) in [4.78, 5) is 0.273. The maximum Gasteiger partial charge on any atom is 0.240 e. The second kappa shape index (κ2) is 6.56. The Morgan fingerprint density at radius 1 is 1.25 bits per heavy atom. The van der Waals surface area contributed by atoms with E-state index in [0.29, 0.717) is 0 Å². The van der Waals surface area contributed by atoms with Crippen molar-refractivity contribution in [2.45, 2.75) is 42.7 Å². The van der Waals surface area contributed by atoms with Crippen LogP contribution in [0.25, 0.3) is 0 Å². The van der Waals surface area contributed by atoms with Crippen LogP contribution in [0.3, 0.4) is 0 Å². The molecule has 1 aliphatic rings. The molecule has 2 N–H and O–H groups in total. The monoisotopic (exact) mass is 298 g/mol. The van der Waals surface area contributed by atoms with Gasteiger partial charge in [-0.25, -0.2) is 13.1 Å². The van der Waals surface area contributed by atoms with E-state index in [2.05, 4.69) is 10.0 Å². The lowest BCUT2D eigenvalue weighted by atomic mass is 9.92. The van der Waals surface area contributed by atoms with Crippen LogP contribution in [0.1, 0.15) is 25.7 Å². The van der Waals surface area contributed by atoms with Gasteiger partial charge >= 0.3 is 0 Å². The fourth-order valence-electron chi connectivity index (χ4n) is 2.63. The summed E-state index contributed by atoms with van der Waals surface area (Å²) in [5.74, 6) is 0. The maximum absolute atomic E-state index is 11.8. The molecule has 0 bridgehead atoms. The van der Waals surface area contributed by atoms with Crippen molar-refractivity contribution in [3.05, 3.63) is 24.3 Å². The van der Waals surface area contributed by atoms with Crippen molar-refractivity contribution >= 4 is 15.7 Å². The zero-order chi connectivity index (χ0) is 14.6. The molecule has 0 spiro atoms. The van der Waals surface area contributed by atoms with E-state index < -0.39 is 10.0 Å². The van der Waals surface area contributed by atoms with Gasteiger partial charge in [0.15, 0.2) is 0 Å². The SMILES string of the molecule is CNS(=O)(=O)c1cccc(NC2CCCCC2OC)c1. The molecule has 0 saturated heterocycles. The van der Waals surface area contributed by atoms with E-state index in [9.17, 15) is 8.42 Å². The molecule has 1 aliphatic carbocycles. The smallest absolute Gasteiger partial charge is 0.240 e. The molecule has 6 heteroatoms. The number of methoxy groups -OCH3 is 1. The number of hydrogen-bond acceptors (Lipinski definition) is 4. The van der Waals surface area contributed by atoms with Crippen LogP contribution in [-0.4, -0.2) is 34.7 Å². The first-order valence-corrected chi connectivity index (χ1v) is 8.38. The third-order valence-electron chi connectivity index (χ3n) is 3.77. The number of sulfonamides is 1. The Morgan fingerprint density at radius 3 is 2.70 bits per heavy atom. The van der Waals surface area contributed by atoms with E-state index in [0.717, 1.165) is 18.5 Å². The maximum atomic E-state index is 11.8. The lowest BCUT2D eigenvalue weighted by Crippen LogP contribution is -2.37. The minimum Gasteiger partial charge on any atom is -0.380 e. The van der Waals surface area contributed by atoms with Crippen LogP contribution in [0.4, 0.5) is 5.69 Å². The predicted molar refractivity (Wildman–Crippen MR) is 79.4 cm³/mol. The average molecular weight is 298 g/mol. The van der Waals surface area contributed by atoms with Gasteiger partial charge in [-0.1, -0.05) is 18.9 Å². The molecule has 0 aliphatic heterocycles. The summed E-state index contributed by atoms with van der Waals surface area (Å²) < 4.78 is 31.4. The van der Waals surface area contributed by atoms with Gasteiger partial charge in [-0.15, -0.1) is 0 Å². The van der Waals surface area contributed by atoms with Crippen LogP contribution in [0.15, 0.2) is 29.2 Å². The predicted octanol–water partition coefficient (Wildman–Crippen LogP) is 1.96. The number of hydrogen-bond donors (Lipinski definition) is 2. The molecular formula is C14H22N2O3S. The highest BCUT2D eigenvalue weighted by Crippen LogP contribution is 2.25. The topological polar surface area (TPSA) is 67.4 Å². The van der Waals surface area contributed by atoms with Crippen LogP contribution >= 0.6 is 0 Å². The van der Waals surface area contributed by atoms with Crippen LogP contribution < -0.4 is 10.0 Å². The van der Waals surface area contributed by atoms with Gasteiger partial charge in [-0.05, 0) is 38.1 Å². The Bertz CT molecular complexity index is 545. The summed E-state index contributed by atoms with van der Waals surface area (Å²) in [5.41, 5.74) is 0.815. The number of nitrogens with one attached hydrogen (secondary N) is 2. The molecule has 20 heavy (non-hydrogen) atoms. The van der Waals surface area contributed by atoms with Crippen molar-refractivity contribution < 1.29 is 13.2 Å². The third-order valence-corrected chi connectivity index (χ3v) is 5.18. The molecule has 0 amide bonds. The molecule has 0 aromatic heterocycles. The van der Waals surface area contributed by atoms with Crippen molar-refractivity contribution in [2.75, 3.05) is 19.5 Å². The van der Waals surface area contributed by atoms with Gasteiger partial charge in [0.2, 0.25) is 10.0 Å². The molecule has 2 unspecified atom stereocenters. The van der Waals surface area contributed by atoms with Gasteiger partial charge in [0.25, 0.3) is 0 Å². The van der Waals surface area contributed by atoms with Crippen LogP contribution in [-0.2, 0) is 14.8 Å². The fourth-order valence-corrected chi connectivity index (χ4v) is 3.40. The summed E-state index contributed by atoms with van der Waals surface area (Å²) in [6.07, 6.45) is 4.63. The van der Waals surface area contributed by atoms with E-state index in [1.165, 1.54) is 19.9 Å². The highest BCUT2D eigenvalue weighted by atomic mass is 32.2. The molecular weight excluding hydrogens is 276 g/mol. The highest BCUT2D eigenvalue weighted by Gasteiger charge is 2.24. The van der Waals surface area contributed by atoms with Crippen molar-refractivity contribution in [2.24, 2.45) is 0 Å². The quantitative estimate of drug-likeness (QED) is 0.872. The number of anilines is 1. The van der Waals surface area contributed by atoms with Crippen molar-refractivity contribution in [1.82, 2.24) is 4.72 Å².